The number of amides is 1. The Morgan fingerprint density at radius 3 is 2.70 bits per heavy atom. The van der Waals surface area contributed by atoms with Crippen LogP contribution in [0.3, 0.4) is 0 Å². The highest BCUT2D eigenvalue weighted by Crippen LogP contribution is 2.34. The molecule has 4 aromatic rings. The molecule has 2 N–H and O–H groups in total. The molecule has 2 aromatic carbocycles. The summed E-state index contributed by atoms with van der Waals surface area (Å²) in [6.45, 7) is 3.75. The number of hydrogen-bond acceptors (Lipinski definition) is 7. The number of rotatable bonds is 8. The van der Waals surface area contributed by atoms with Gasteiger partial charge < -0.3 is 29.4 Å². The zero-order valence-electron chi connectivity index (χ0n) is 19.8. The molecule has 0 atom stereocenters. The van der Waals surface area contributed by atoms with Crippen LogP contribution in [-0.2, 0) is 11.3 Å². The van der Waals surface area contributed by atoms with Crippen LogP contribution in [0.5, 0.6) is 17.2 Å². The van der Waals surface area contributed by atoms with Crippen LogP contribution in [0, 0.1) is 5.82 Å². The molecule has 0 saturated carbocycles. The van der Waals surface area contributed by atoms with Crippen molar-refractivity contribution in [3.63, 3.8) is 0 Å². The molecule has 1 aliphatic heterocycles. The van der Waals surface area contributed by atoms with E-state index in [4.69, 9.17) is 25.8 Å². The van der Waals surface area contributed by atoms with E-state index in [2.05, 4.69) is 20.6 Å². The smallest absolute Gasteiger partial charge is 0.248 e. The summed E-state index contributed by atoms with van der Waals surface area (Å²) >= 11 is 5.91. The van der Waals surface area contributed by atoms with Gasteiger partial charge >= 0.3 is 0 Å². The van der Waals surface area contributed by atoms with Crippen LogP contribution >= 0.6 is 11.6 Å². The highest BCUT2D eigenvalue weighted by Gasteiger charge is 2.15. The average Bonchev–Trinajstić information content (AvgIpc) is 3.30. The van der Waals surface area contributed by atoms with Crippen LogP contribution in [0.1, 0.15) is 6.92 Å². The van der Waals surface area contributed by atoms with Crippen molar-refractivity contribution < 1.29 is 23.4 Å². The number of allylic oxidation sites excluding steroid dienone is 1. The quantitative estimate of drug-likeness (QED) is 0.301. The van der Waals surface area contributed by atoms with Crippen LogP contribution in [0.4, 0.5) is 21.6 Å². The summed E-state index contributed by atoms with van der Waals surface area (Å²) in [4.78, 5) is 21.4. The standard InChI is InChI=1S/C26H23ClFN5O4/c1-2-35-22-12-20-17(26(30-15-29-20)31-16-5-6-19(28)18(27)10-16)11-21(22)32-25(34)4-3-7-33-13-23-24(14-33)37-9-8-36-23/h3-6,10-15H,2,7-9H2,1H3,(H,32,34)(H,29,30,31)/b4-3+. The molecule has 1 amide bonds. The molecule has 11 heteroatoms. The van der Waals surface area contributed by atoms with Crippen molar-refractivity contribution in [2.75, 3.05) is 30.5 Å². The summed E-state index contributed by atoms with van der Waals surface area (Å²) < 4.78 is 32.3. The van der Waals surface area contributed by atoms with Gasteiger partial charge in [-0.15, -0.1) is 0 Å². The van der Waals surface area contributed by atoms with Gasteiger partial charge in [0, 0.05) is 29.8 Å². The molecule has 3 heterocycles. The molecule has 0 fully saturated rings. The first-order valence-corrected chi connectivity index (χ1v) is 11.9. The summed E-state index contributed by atoms with van der Waals surface area (Å²) in [5, 5.41) is 6.61. The van der Waals surface area contributed by atoms with E-state index in [1.165, 1.54) is 24.5 Å². The van der Waals surface area contributed by atoms with Gasteiger partial charge in [0.1, 0.15) is 36.9 Å². The van der Waals surface area contributed by atoms with Gasteiger partial charge in [-0.3, -0.25) is 4.79 Å². The van der Waals surface area contributed by atoms with E-state index in [0.29, 0.717) is 71.7 Å². The van der Waals surface area contributed by atoms with Gasteiger partial charge in [0.15, 0.2) is 11.5 Å². The first-order valence-electron chi connectivity index (χ1n) is 11.6. The number of fused-ring (bicyclic) bond motifs is 2. The summed E-state index contributed by atoms with van der Waals surface area (Å²) in [5.74, 6) is 1.47. The van der Waals surface area contributed by atoms with Gasteiger partial charge in [-0.05, 0) is 31.2 Å². The lowest BCUT2D eigenvalue weighted by molar-refractivity contribution is -0.111. The van der Waals surface area contributed by atoms with E-state index in [1.807, 2.05) is 23.9 Å². The number of hydrogen-bond donors (Lipinski definition) is 2. The number of anilines is 3. The number of benzene rings is 2. The lowest BCUT2D eigenvalue weighted by atomic mass is 10.1. The Bertz CT molecular complexity index is 1470. The van der Waals surface area contributed by atoms with Gasteiger partial charge in [-0.1, -0.05) is 17.7 Å². The zero-order valence-corrected chi connectivity index (χ0v) is 20.6. The maximum absolute atomic E-state index is 13.6. The number of carbonyl (C=O) groups is 1. The predicted molar refractivity (Wildman–Crippen MR) is 139 cm³/mol. The molecule has 190 valence electrons. The SMILES string of the molecule is CCOc1cc2ncnc(Nc3ccc(F)c(Cl)c3)c2cc1NC(=O)/C=C/Cn1cc2c(c1)OCCO2. The molecule has 2 aromatic heterocycles. The fourth-order valence-electron chi connectivity index (χ4n) is 3.81. The van der Waals surface area contributed by atoms with Gasteiger partial charge in [-0.2, -0.15) is 0 Å². The Labute approximate surface area is 216 Å². The Balaban J connectivity index is 1.36. The maximum atomic E-state index is 13.6. The molecule has 0 bridgehead atoms. The molecule has 37 heavy (non-hydrogen) atoms. The van der Waals surface area contributed by atoms with Crippen molar-refractivity contribution in [2.45, 2.75) is 13.5 Å². The van der Waals surface area contributed by atoms with Crippen molar-refractivity contribution in [2.24, 2.45) is 0 Å². The van der Waals surface area contributed by atoms with E-state index in [0.717, 1.165) is 0 Å². The maximum Gasteiger partial charge on any atom is 0.248 e. The lowest BCUT2D eigenvalue weighted by Gasteiger charge is -2.14. The molecule has 0 spiro atoms. The van der Waals surface area contributed by atoms with Gasteiger partial charge in [0.2, 0.25) is 5.91 Å². The summed E-state index contributed by atoms with van der Waals surface area (Å²) in [5.41, 5.74) is 1.61. The minimum atomic E-state index is -0.516. The third kappa shape index (κ3) is 5.59. The van der Waals surface area contributed by atoms with Crippen molar-refractivity contribution in [3.05, 3.63) is 72.0 Å². The molecule has 0 radical (unpaired) electrons. The molecular formula is C26H23ClFN5O4. The highest BCUT2D eigenvalue weighted by molar-refractivity contribution is 6.31. The van der Waals surface area contributed by atoms with E-state index < -0.39 is 5.82 Å². The minimum absolute atomic E-state index is 0.0122. The summed E-state index contributed by atoms with van der Waals surface area (Å²) in [6.07, 6.45) is 8.24. The largest absolute Gasteiger partial charge is 0.492 e. The topological polar surface area (TPSA) is 99.5 Å². The van der Waals surface area contributed by atoms with Gasteiger partial charge in [0.05, 0.1) is 35.2 Å². The predicted octanol–water partition coefficient (Wildman–Crippen LogP) is 5.33. The number of nitrogens with one attached hydrogen (secondary N) is 2. The molecule has 9 nitrogen and oxygen atoms in total. The monoisotopic (exact) mass is 523 g/mol. The second-order valence-corrected chi connectivity index (χ2v) is 8.45. The Morgan fingerprint density at radius 1 is 1.19 bits per heavy atom. The zero-order chi connectivity index (χ0) is 25.8. The Kier molecular flexibility index (Phi) is 7.09. The summed E-state index contributed by atoms with van der Waals surface area (Å²) in [7, 11) is 0. The first kappa shape index (κ1) is 24.4. The van der Waals surface area contributed by atoms with Gasteiger partial charge in [-0.25, -0.2) is 14.4 Å². The number of halogens is 2. The highest BCUT2D eigenvalue weighted by atomic mass is 35.5. The number of nitrogens with zero attached hydrogens (tertiary/aromatic N) is 3. The van der Waals surface area contributed by atoms with Gasteiger partial charge in [0.25, 0.3) is 0 Å². The molecule has 5 rings (SSSR count). The van der Waals surface area contributed by atoms with E-state index in [-0.39, 0.29) is 10.9 Å². The third-order valence-electron chi connectivity index (χ3n) is 5.47. The van der Waals surface area contributed by atoms with Crippen molar-refractivity contribution in [1.29, 1.82) is 0 Å². The first-order chi connectivity index (χ1) is 18.0. The Morgan fingerprint density at radius 2 is 1.97 bits per heavy atom. The number of ether oxygens (including phenoxy) is 3. The van der Waals surface area contributed by atoms with Crippen LogP contribution < -0.4 is 24.8 Å². The van der Waals surface area contributed by atoms with Crippen LogP contribution in [0.15, 0.2) is 61.2 Å². The third-order valence-corrected chi connectivity index (χ3v) is 5.76. The van der Waals surface area contributed by atoms with E-state index >= 15 is 0 Å². The minimum Gasteiger partial charge on any atom is -0.492 e. The average molecular weight is 524 g/mol. The second kappa shape index (κ2) is 10.8. The fourth-order valence-corrected chi connectivity index (χ4v) is 3.99. The van der Waals surface area contributed by atoms with Crippen LogP contribution in [-0.4, -0.2) is 40.3 Å². The van der Waals surface area contributed by atoms with Crippen LogP contribution in [0.25, 0.3) is 10.9 Å². The normalized spacial score (nSPS) is 12.6. The van der Waals surface area contributed by atoms with E-state index in [1.54, 1.807) is 24.3 Å². The molecule has 0 aliphatic carbocycles. The number of aromatic nitrogens is 3. The molecular weight excluding hydrogens is 501 g/mol. The second-order valence-electron chi connectivity index (χ2n) is 8.05. The van der Waals surface area contributed by atoms with Crippen molar-refractivity contribution in [3.8, 4) is 17.2 Å². The lowest BCUT2D eigenvalue weighted by Crippen LogP contribution is -2.13. The summed E-state index contributed by atoms with van der Waals surface area (Å²) in [6, 6.07) is 7.74. The van der Waals surface area contributed by atoms with Crippen molar-refractivity contribution >= 4 is 45.6 Å². The fraction of sp³-hybridized carbons (Fsp3) is 0.192. The Hall–Kier alpha value is -4.31. The molecule has 1 aliphatic rings. The number of carbonyl (C=O) groups excluding carboxylic acids is 1. The van der Waals surface area contributed by atoms with E-state index in [9.17, 15) is 9.18 Å². The van der Waals surface area contributed by atoms with Crippen LogP contribution in [0.2, 0.25) is 5.02 Å². The van der Waals surface area contributed by atoms with Crippen molar-refractivity contribution in [1.82, 2.24) is 14.5 Å². The molecule has 0 unspecified atom stereocenters. The molecule has 0 saturated heterocycles.